The minimum absolute atomic E-state index is 0.208. The Labute approximate surface area is 109 Å². The molecule has 0 aliphatic carbocycles. The number of nitrogens with one attached hydrogen (secondary N) is 1. The van der Waals surface area contributed by atoms with Gasteiger partial charge in [0.1, 0.15) is 0 Å². The Morgan fingerprint density at radius 1 is 1.41 bits per heavy atom. The van der Waals surface area contributed by atoms with Gasteiger partial charge in [0.2, 0.25) is 0 Å². The molecule has 1 amide bonds. The van der Waals surface area contributed by atoms with Gasteiger partial charge in [0, 0.05) is 16.0 Å². The maximum Gasteiger partial charge on any atom is 0.390 e. The van der Waals surface area contributed by atoms with E-state index in [-0.39, 0.29) is 5.56 Å². The smallest absolute Gasteiger partial charge is 0.352 e. The maximum atomic E-state index is 11.9. The van der Waals surface area contributed by atoms with Gasteiger partial charge in [0.25, 0.3) is 5.91 Å². The maximum absolute atomic E-state index is 11.9. The molecular weight excluding hydrogens is 322 g/mol. The second kappa shape index (κ2) is 5.73. The quantitative estimate of drug-likeness (QED) is 0.898. The van der Waals surface area contributed by atoms with Crippen molar-refractivity contribution in [2.45, 2.75) is 12.6 Å². The normalized spacial score (nSPS) is 11.4. The van der Waals surface area contributed by atoms with Crippen LogP contribution in [0.5, 0.6) is 0 Å². The number of amides is 1. The van der Waals surface area contributed by atoms with Crippen molar-refractivity contribution >= 4 is 33.4 Å². The van der Waals surface area contributed by atoms with Crippen molar-refractivity contribution in [3.05, 3.63) is 33.3 Å². The Bertz CT molecular complexity index is 423. The van der Waals surface area contributed by atoms with Crippen molar-refractivity contribution in [2.24, 2.45) is 0 Å². The van der Waals surface area contributed by atoms with Crippen LogP contribution in [0.25, 0.3) is 0 Å². The monoisotopic (exact) mass is 329 g/mol. The van der Waals surface area contributed by atoms with Gasteiger partial charge >= 0.3 is 6.18 Å². The molecule has 17 heavy (non-hydrogen) atoms. The highest BCUT2D eigenvalue weighted by atomic mass is 79.9. The number of carbonyl (C=O) groups is 1. The van der Waals surface area contributed by atoms with Gasteiger partial charge in [-0.3, -0.25) is 4.79 Å². The third-order valence-corrected chi connectivity index (χ3v) is 2.79. The number of rotatable bonds is 3. The molecule has 0 fully saturated rings. The molecule has 1 N–H and O–H groups in total. The number of hydrogen-bond donors (Lipinski definition) is 1. The lowest BCUT2D eigenvalue weighted by Gasteiger charge is -2.09. The Morgan fingerprint density at radius 3 is 2.65 bits per heavy atom. The molecule has 94 valence electrons. The molecule has 2 nitrogen and oxygen atoms in total. The summed E-state index contributed by atoms with van der Waals surface area (Å²) in [4.78, 5) is 11.5. The molecule has 0 saturated heterocycles. The van der Waals surface area contributed by atoms with Crippen LogP contribution >= 0.6 is 27.5 Å². The average Bonchev–Trinajstić information content (AvgIpc) is 2.19. The highest BCUT2D eigenvalue weighted by molar-refractivity contribution is 9.10. The van der Waals surface area contributed by atoms with E-state index in [4.69, 9.17) is 11.6 Å². The van der Waals surface area contributed by atoms with Crippen molar-refractivity contribution in [3.63, 3.8) is 0 Å². The molecule has 0 heterocycles. The van der Waals surface area contributed by atoms with E-state index in [1.807, 2.05) is 0 Å². The summed E-state index contributed by atoms with van der Waals surface area (Å²) in [7, 11) is 0. The van der Waals surface area contributed by atoms with E-state index < -0.39 is 25.0 Å². The van der Waals surface area contributed by atoms with E-state index >= 15 is 0 Å². The van der Waals surface area contributed by atoms with E-state index in [9.17, 15) is 18.0 Å². The third-order valence-electron chi connectivity index (χ3n) is 1.87. The summed E-state index contributed by atoms with van der Waals surface area (Å²) >= 11 is 8.81. The summed E-state index contributed by atoms with van der Waals surface area (Å²) in [6.45, 7) is -0.457. The Balaban J connectivity index is 2.61. The lowest BCUT2D eigenvalue weighted by molar-refractivity contribution is -0.132. The molecule has 1 aromatic rings. The van der Waals surface area contributed by atoms with Crippen LogP contribution in [0.3, 0.4) is 0 Å². The van der Waals surface area contributed by atoms with Gasteiger partial charge in [-0.05, 0) is 34.1 Å². The van der Waals surface area contributed by atoms with E-state index in [2.05, 4.69) is 21.2 Å². The third kappa shape index (κ3) is 4.95. The Morgan fingerprint density at radius 2 is 2.06 bits per heavy atom. The minimum Gasteiger partial charge on any atom is -0.352 e. The number of halogens is 5. The van der Waals surface area contributed by atoms with E-state index in [1.165, 1.54) is 6.07 Å². The molecule has 0 aliphatic rings. The predicted molar refractivity (Wildman–Crippen MR) is 62.2 cm³/mol. The van der Waals surface area contributed by atoms with Crippen molar-refractivity contribution < 1.29 is 18.0 Å². The van der Waals surface area contributed by atoms with Gasteiger partial charge in [-0.15, -0.1) is 0 Å². The zero-order valence-electron chi connectivity index (χ0n) is 8.44. The molecule has 0 aliphatic heterocycles. The second-order valence-corrected chi connectivity index (χ2v) is 4.54. The van der Waals surface area contributed by atoms with Crippen LogP contribution in [-0.2, 0) is 0 Å². The summed E-state index contributed by atoms with van der Waals surface area (Å²) in [5.41, 5.74) is 0.208. The summed E-state index contributed by atoms with van der Waals surface area (Å²) in [6.07, 6.45) is -5.34. The van der Waals surface area contributed by atoms with Crippen LogP contribution in [0.15, 0.2) is 22.7 Å². The molecule has 0 atom stereocenters. The number of benzene rings is 1. The summed E-state index contributed by atoms with van der Waals surface area (Å²) in [5.74, 6) is -0.594. The standard InChI is InChI=1S/C10H8BrClF3NO/c11-8-2-1-6(12)5-7(8)9(17)16-4-3-10(13,14)15/h1-2,5H,3-4H2,(H,16,17). The topological polar surface area (TPSA) is 29.1 Å². The largest absolute Gasteiger partial charge is 0.390 e. The SMILES string of the molecule is O=C(NCCC(F)(F)F)c1cc(Cl)ccc1Br. The van der Waals surface area contributed by atoms with Crippen molar-refractivity contribution in [1.82, 2.24) is 5.32 Å². The van der Waals surface area contributed by atoms with Crippen LogP contribution < -0.4 is 5.32 Å². The summed E-state index contributed by atoms with van der Waals surface area (Å²) in [6, 6.07) is 4.51. The molecule has 0 unspecified atom stereocenters. The molecule has 0 spiro atoms. The highest BCUT2D eigenvalue weighted by Gasteiger charge is 2.26. The highest BCUT2D eigenvalue weighted by Crippen LogP contribution is 2.21. The van der Waals surface area contributed by atoms with Gasteiger partial charge in [0.05, 0.1) is 12.0 Å². The van der Waals surface area contributed by atoms with Crippen LogP contribution in [0.1, 0.15) is 16.8 Å². The minimum atomic E-state index is -4.28. The fourth-order valence-corrected chi connectivity index (χ4v) is 1.68. The van der Waals surface area contributed by atoms with Crippen molar-refractivity contribution in [1.29, 1.82) is 0 Å². The first-order valence-corrected chi connectivity index (χ1v) is 5.77. The fourth-order valence-electron chi connectivity index (χ4n) is 1.08. The Hall–Kier alpha value is -0.750. The molecule has 1 rings (SSSR count). The molecular formula is C10H8BrClF3NO. The van der Waals surface area contributed by atoms with Crippen LogP contribution in [0, 0.1) is 0 Å². The first-order valence-electron chi connectivity index (χ1n) is 4.59. The van der Waals surface area contributed by atoms with Crippen molar-refractivity contribution in [2.75, 3.05) is 6.54 Å². The van der Waals surface area contributed by atoms with Crippen LogP contribution in [-0.4, -0.2) is 18.6 Å². The Kier molecular flexibility index (Phi) is 4.82. The predicted octanol–water partition coefficient (Wildman–Crippen LogP) is 3.78. The van der Waals surface area contributed by atoms with Crippen LogP contribution in [0.4, 0.5) is 13.2 Å². The van der Waals surface area contributed by atoms with Gasteiger partial charge in [-0.2, -0.15) is 13.2 Å². The van der Waals surface area contributed by atoms with E-state index in [1.54, 1.807) is 12.1 Å². The summed E-state index contributed by atoms with van der Waals surface area (Å²) < 4.78 is 36.1. The second-order valence-electron chi connectivity index (χ2n) is 3.25. The molecule has 1 aromatic carbocycles. The number of carbonyl (C=O) groups excluding carboxylic acids is 1. The fraction of sp³-hybridized carbons (Fsp3) is 0.300. The first kappa shape index (κ1) is 14.3. The molecule has 0 aromatic heterocycles. The molecule has 0 bridgehead atoms. The number of alkyl halides is 3. The van der Waals surface area contributed by atoms with Gasteiger partial charge in [-0.1, -0.05) is 11.6 Å². The molecule has 0 radical (unpaired) electrons. The summed E-state index contributed by atoms with van der Waals surface area (Å²) in [5, 5.41) is 2.52. The average molecular weight is 331 g/mol. The lowest BCUT2D eigenvalue weighted by atomic mass is 10.2. The van der Waals surface area contributed by atoms with Crippen molar-refractivity contribution in [3.8, 4) is 0 Å². The first-order chi connectivity index (χ1) is 7.79. The van der Waals surface area contributed by atoms with Gasteiger partial charge in [-0.25, -0.2) is 0 Å². The number of hydrogen-bond acceptors (Lipinski definition) is 1. The lowest BCUT2D eigenvalue weighted by Crippen LogP contribution is -2.28. The molecule has 7 heteroatoms. The zero-order chi connectivity index (χ0) is 13.1. The van der Waals surface area contributed by atoms with E-state index in [0.717, 1.165) is 0 Å². The van der Waals surface area contributed by atoms with Crippen LogP contribution in [0.2, 0.25) is 5.02 Å². The van der Waals surface area contributed by atoms with E-state index in [0.29, 0.717) is 9.50 Å². The van der Waals surface area contributed by atoms with Gasteiger partial charge < -0.3 is 5.32 Å². The zero-order valence-corrected chi connectivity index (χ0v) is 10.8. The van der Waals surface area contributed by atoms with Gasteiger partial charge in [0.15, 0.2) is 0 Å². The molecule has 0 saturated carbocycles.